The molecule has 3 heterocycles. The highest BCUT2D eigenvalue weighted by Gasteiger charge is 2.42. The average molecular weight is 685 g/mol. The molecule has 7 nitrogen and oxygen atoms in total. The Kier molecular flexibility index (Phi) is 10.8. The highest BCUT2D eigenvalue weighted by atomic mass is 35.5. The Hall–Kier alpha value is -2.81. The van der Waals surface area contributed by atoms with Crippen molar-refractivity contribution in [2.75, 3.05) is 26.9 Å². The summed E-state index contributed by atoms with van der Waals surface area (Å²) in [4.78, 5) is 21.1. The number of carbonyl (C=O) groups excluding carboxylic acids is 1. The molecule has 1 amide bonds. The molecule has 1 saturated heterocycles. The molecule has 0 unspecified atom stereocenters. The Bertz CT molecular complexity index is 1570. The number of carbonyl (C=O) groups is 1. The molecule has 1 saturated carbocycles. The smallest absolute Gasteiger partial charge is 0.252 e. The molecule has 6 rings (SSSR count). The van der Waals surface area contributed by atoms with Crippen LogP contribution in [0.5, 0.6) is 11.6 Å². The van der Waals surface area contributed by atoms with Gasteiger partial charge in [-0.25, -0.2) is 4.98 Å². The number of halogens is 3. The maximum absolute atomic E-state index is 14.5. The van der Waals surface area contributed by atoms with Crippen LogP contribution in [0.15, 0.2) is 54.2 Å². The number of nitrogens with one attached hydrogen (secondary N) is 1. The summed E-state index contributed by atoms with van der Waals surface area (Å²) in [6, 6.07) is 14.3. The molecule has 2 fully saturated rings. The van der Waals surface area contributed by atoms with Crippen LogP contribution >= 0.6 is 34.8 Å². The monoisotopic (exact) mass is 683 g/mol. The number of methoxy groups -OCH3 is 1. The Morgan fingerprint density at radius 2 is 1.74 bits per heavy atom. The van der Waals surface area contributed by atoms with E-state index >= 15 is 0 Å². The molecule has 10 heteroatoms. The Morgan fingerprint density at radius 1 is 0.957 bits per heavy atom. The second-order valence-electron chi connectivity index (χ2n) is 12.4. The molecule has 2 atom stereocenters. The number of amides is 1. The summed E-state index contributed by atoms with van der Waals surface area (Å²) in [7, 11) is 1.72. The summed E-state index contributed by atoms with van der Waals surface area (Å²) in [6.45, 7) is 3.68. The van der Waals surface area contributed by atoms with E-state index in [0.29, 0.717) is 45.9 Å². The molecule has 1 N–H and O–H groups in total. The van der Waals surface area contributed by atoms with Crippen molar-refractivity contribution in [3.63, 3.8) is 0 Å². The van der Waals surface area contributed by atoms with E-state index in [1.807, 2.05) is 48.4 Å². The van der Waals surface area contributed by atoms with Crippen LogP contribution in [0.1, 0.15) is 60.8 Å². The fourth-order valence-corrected chi connectivity index (χ4v) is 7.38. The summed E-state index contributed by atoms with van der Waals surface area (Å²) in [5, 5.41) is 5.33. The van der Waals surface area contributed by atoms with Crippen molar-refractivity contribution in [1.82, 2.24) is 15.2 Å². The first kappa shape index (κ1) is 33.1. The quantitative estimate of drug-likeness (QED) is 0.174. The molecule has 1 aliphatic carbocycles. The van der Waals surface area contributed by atoms with Crippen molar-refractivity contribution in [2.24, 2.45) is 0 Å². The third kappa shape index (κ3) is 7.83. The first-order chi connectivity index (χ1) is 22.3. The van der Waals surface area contributed by atoms with E-state index in [4.69, 9.17) is 49.0 Å². The van der Waals surface area contributed by atoms with Gasteiger partial charge in [-0.05, 0) is 104 Å². The Morgan fingerprint density at radius 3 is 2.46 bits per heavy atom. The predicted octanol–water partition coefficient (Wildman–Crippen LogP) is 7.86. The van der Waals surface area contributed by atoms with Crippen molar-refractivity contribution in [2.45, 2.75) is 76.5 Å². The van der Waals surface area contributed by atoms with Crippen molar-refractivity contribution < 1.29 is 19.0 Å². The minimum Gasteiger partial charge on any atom is -0.487 e. The number of rotatable bonds is 14. The predicted molar refractivity (Wildman–Crippen MR) is 183 cm³/mol. The van der Waals surface area contributed by atoms with Gasteiger partial charge in [-0.15, -0.1) is 0 Å². The molecular formula is C36H40Cl3N3O4. The van der Waals surface area contributed by atoms with Gasteiger partial charge in [0.15, 0.2) is 5.75 Å². The molecule has 2 aliphatic heterocycles. The number of ether oxygens (including phenoxy) is 3. The number of benzene rings is 2. The SMILES string of the molecule is COCCCc1ccc(Cl)c(CN(C(=O)C2=C(c3ccc(OCCOc4c(Cl)cc(C)cc4Cl)nc3)C[C@@H]3CC[C@H]2N3)C2CC2)c1. The van der Waals surface area contributed by atoms with Gasteiger partial charge in [0.1, 0.15) is 13.2 Å². The van der Waals surface area contributed by atoms with E-state index in [9.17, 15) is 4.79 Å². The van der Waals surface area contributed by atoms with Gasteiger partial charge in [0.25, 0.3) is 5.91 Å². The summed E-state index contributed by atoms with van der Waals surface area (Å²) < 4.78 is 16.9. The number of nitrogens with zero attached hydrogens (tertiary/aromatic N) is 2. The van der Waals surface area contributed by atoms with Crippen LogP contribution in [0.25, 0.3) is 5.57 Å². The first-order valence-corrected chi connectivity index (χ1v) is 17.2. The normalized spacial score (nSPS) is 19.0. The molecule has 0 spiro atoms. The van der Waals surface area contributed by atoms with Crippen LogP contribution in [0.3, 0.4) is 0 Å². The third-order valence-electron chi connectivity index (χ3n) is 8.92. The molecule has 46 heavy (non-hydrogen) atoms. The van der Waals surface area contributed by atoms with Gasteiger partial charge in [-0.3, -0.25) is 4.79 Å². The number of pyridine rings is 1. The second-order valence-corrected chi connectivity index (χ2v) is 13.6. The van der Waals surface area contributed by atoms with Gasteiger partial charge >= 0.3 is 0 Å². The zero-order valence-electron chi connectivity index (χ0n) is 26.3. The van der Waals surface area contributed by atoms with E-state index in [2.05, 4.69) is 22.4 Å². The van der Waals surface area contributed by atoms with Crippen LogP contribution in [0.4, 0.5) is 0 Å². The van der Waals surface area contributed by atoms with Crippen molar-refractivity contribution in [3.8, 4) is 11.6 Å². The molecule has 244 valence electrons. The van der Waals surface area contributed by atoms with E-state index in [1.165, 1.54) is 5.56 Å². The van der Waals surface area contributed by atoms with Crippen molar-refractivity contribution >= 4 is 46.3 Å². The van der Waals surface area contributed by atoms with Gasteiger partial charge in [0.05, 0.1) is 10.0 Å². The summed E-state index contributed by atoms with van der Waals surface area (Å²) >= 11 is 19.3. The molecule has 2 aromatic carbocycles. The molecule has 0 radical (unpaired) electrons. The van der Waals surface area contributed by atoms with E-state index in [1.54, 1.807) is 7.11 Å². The topological polar surface area (TPSA) is 72.9 Å². The Labute approximate surface area is 286 Å². The van der Waals surface area contributed by atoms with Crippen LogP contribution in [-0.2, 0) is 22.5 Å². The van der Waals surface area contributed by atoms with E-state index < -0.39 is 0 Å². The maximum Gasteiger partial charge on any atom is 0.252 e. The minimum atomic E-state index is 0.0341. The van der Waals surface area contributed by atoms with Gasteiger partial charge in [0, 0.05) is 61.2 Å². The lowest BCUT2D eigenvalue weighted by atomic mass is 9.89. The van der Waals surface area contributed by atoms with Crippen LogP contribution in [0, 0.1) is 6.92 Å². The number of hydrogen-bond acceptors (Lipinski definition) is 6. The lowest BCUT2D eigenvalue weighted by Gasteiger charge is -2.32. The van der Waals surface area contributed by atoms with Gasteiger partial charge in [0.2, 0.25) is 5.88 Å². The summed E-state index contributed by atoms with van der Waals surface area (Å²) in [5.74, 6) is 1.03. The van der Waals surface area contributed by atoms with Gasteiger partial charge in [-0.2, -0.15) is 0 Å². The number of aromatic nitrogens is 1. The highest BCUT2D eigenvalue weighted by molar-refractivity contribution is 6.37. The molecular weight excluding hydrogens is 645 g/mol. The van der Waals surface area contributed by atoms with Crippen LogP contribution < -0.4 is 14.8 Å². The first-order valence-electron chi connectivity index (χ1n) is 16.0. The second kappa shape index (κ2) is 15.0. The van der Waals surface area contributed by atoms with Crippen molar-refractivity contribution in [3.05, 3.63) is 91.6 Å². The molecule has 3 aromatic rings. The van der Waals surface area contributed by atoms with Crippen LogP contribution in [0.2, 0.25) is 15.1 Å². The Balaban J connectivity index is 1.17. The van der Waals surface area contributed by atoms with E-state index in [-0.39, 0.29) is 31.2 Å². The maximum atomic E-state index is 14.5. The fourth-order valence-electron chi connectivity index (χ4n) is 6.50. The number of fused-ring (bicyclic) bond motifs is 2. The minimum absolute atomic E-state index is 0.0341. The highest BCUT2D eigenvalue weighted by Crippen LogP contribution is 2.40. The molecule has 3 aliphatic rings. The zero-order valence-corrected chi connectivity index (χ0v) is 28.6. The third-order valence-corrected chi connectivity index (χ3v) is 9.85. The van der Waals surface area contributed by atoms with Crippen molar-refractivity contribution in [1.29, 1.82) is 0 Å². The molecule has 2 bridgehead atoms. The average Bonchev–Trinajstić information content (AvgIpc) is 3.81. The standard InChI is InChI=1S/C36H40Cl3N3O4/c1-22-16-30(38)35(31(39)17-22)46-15-14-45-33-12-6-24(20-40-33)28-19-26-7-11-32(41-26)34(28)36(43)42(27-8-9-27)21-25-18-23(4-3-13-44-2)5-10-29(25)37/h5-6,10,12,16-18,20,26-27,32,41H,3-4,7-9,11,13-15,19,21H2,1-2H3/t26-,32+/m0/s1. The zero-order chi connectivity index (χ0) is 32.2. The summed E-state index contributed by atoms with van der Waals surface area (Å²) in [6.07, 6.45) is 8.49. The van der Waals surface area contributed by atoms with Crippen LogP contribution in [-0.4, -0.2) is 60.8 Å². The van der Waals surface area contributed by atoms with E-state index in [0.717, 1.165) is 72.8 Å². The lowest BCUT2D eigenvalue weighted by Crippen LogP contribution is -2.44. The fraction of sp³-hybridized carbons (Fsp3) is 0.444. The largest absolute Gasteiger partial charge is 0.487 e. The number of hydrogen-bond donors (Lipinski definition) is 1. The summed E-state index contributed by atoms with van der Waals surface area (Å²) in [5.41, 5.74) is 6.06. The number of aryl methyl sites for hydroxylation is 2. The molecule has 1 aromatic heterocycles. The lowest BCUT2D eigenvalue weighted by molar-refractivity contribution is -0.128. The van der Waals surface area contributed by atoms with Gasteiger partial charge in [-0.1, -0.05) is 46.9 Å². The van der Waals surface area contributed by atoms with Gasteiger partial charge < -0.3 is 24.4 Å².